The Morgan fingerprint density at radius 3 is 2.50 bits per heavy atom. The van der Waals surface area contributed by atoms with E-state index in [0.717, 1.165) is 24.8 Å². The van der Waals surface area contributed by atoms with Crippen LogP contribution in [0, 0.1) is 12.7 Å². The minimum absolute atomic E-state index is 0.134. The number of aliphatic carboxylic acids is 1. The molecule has 2 aliphatic rings. The third-order valence-corrected chi connectivity index (χ3v) is 6.91. The second-order valence-electron chi connectivity index (χ2n) is 8.96. The van der Waals surface area contributed by atoms with E-state index in [4.69, 9.17) is 18.9 Å². The normalized spacial score (nSPS) is 17.6. The van der Waals surface area contributed by atoms with Crippen LogP contribution in [0.3, 0.4) is 0 Å². The number of halogens is 1. The highest BCUT2D eigenvalue weighted by molar-refractivity contribution is 5.83. The lowest BCUT2D eigenvalue weighted by Gasteiger charge is -2.35. The van der Waals surface area contributed by atoms with Gasteiger partial charge in [-0.25, -0.2) is 9.18 Å². The molecule has 2 aromatic carbocycles. The predicted octanol–water partition coefficient (Wildman–Crippen LogP) is 4.93. The van der Waals surface area contributed by atoms with Crippen molar-refractivity contribution in [2.24, 2.45) is 0 Å². The summed E-state index contributed by atoms with van der Waals surface area (Å²) < 4.78 is 37.7. The number of carboxylic acids is 1. The van der Waals surface area contributed by atoms with Crippen LogP contribution in [0.25, 0.3) is 11.1 Å². The van der Waals surface area contributed by atoms with Gasteiger partial charge >= 0.3 is 5.97 Å². The monoisotopic (exact) mass is 473 g/mol. The van der Waals surface area contributed by atoms with Crippen LogP contribution in [0.4, 0.5) is 10.1 Å². The van der Waals surface area contributed by atoms with Gasteiger partial charge in [-0.2, -0.15) is 0 Å². The third-order valence-electron chi connectivity index (χ3n) is 6.91. The van der Waals surface area contributed by atoms with Crippen molar-refractivity contribution in [1.29, 1.82) is 0 Å². The molecular weight excluding hydrogens is 441 g/mol. The smallest absolute Gasteiger partial charge is 0.329 e. The summed E-state index contributed by atoms with van der Waals surface area (Å²) in [6, 6.07) is 7.09. The molecule has 2 fully saturated rings. The molecule has 0 unspecified atom stereocenters. The van der Waals surface area contributed by atoms with E-state index in [-0.39, 0.29) is 18.5 Å². The van der Waals surface area contributed by atoms with Gasteiger partial charge in [-0.15, -0.1) is 0 Å². The van der Waals surface area contributed by atoms with Crippen molar-refractivity contribution in [1.82, 2.24) is 0 Å². The Balaban J connectivity index is 1.75. The van der Waals surface area contributed by atoms with Gasteiger partial charge in [0.2, 0.25) is 0 Å². The first-order chi connectivity index (χ1) is 16.4. The zero-order chi connectivity index (χ0) is 24.3. The summed E-state index contributed by atoms with van der Waals surface area (Å²) in [4.78, 5) is 12.1. The standard InChI is InChI=1S/C26H32FNO6/c1-16-22(31-2)14-21(23(27)24(16)32-3)20-8-7-18(13-17(20)15-34-19-5-4-6-19)28-26(25(29)30)9-11-33-12-10-26/h7-8,13-14,19,28H,4-6,9-12,15H2,1-3H3,(H,29,30). The van der Waals surface area contributed by atoms with Crippen LogP contribution in [-0.4, -0.2) is 50.2 Å². The van der Waals surface area contributed by atoms with E-state index in [1.54, 1.807) is 25.1 Å². The number of carbonyl (C=O) groups is 1. The first-order valence-electron chi connectivity index (χ1n) is 11.6. The van der Waals surface area contributed by atoms with Gasteiger partial charge in [0.05, 0.1) is 26.9 Å². The average molecular weight is 474 g/mol. The highest BCUT2D eigenvalue weighted by atomic mass is 19.1. The fourth-order valence-corrected chi connectivity index (χ4v) is 4.54. The second kappa shape index (κ2) is 10.2. The summed E-state index contributed by atoms with van der Waals surface area (Å²) in [7, 11) is 2.97. The lowest BCUT2D eigenvalue weighted by Crippen LogP contribution is -2.50. The van der Waals surface area contributed by atoms with Crippen molar-refractivity contribution in [2.45, 2.75) is 57.3 Å². The van der Waals surface area contributed by atoms with Crippen LogP contribution in [0.1, 0.15) is 43.2 Å². The molecular formula is C26H32FNO6. The van der Waals surface area contributed by atoms with Crippen molar-refractivity contribution in [3.8, 4) is 22.6 Å². The molecule has 0 bridgehead atoms. The number of rotatable bonds is 9. The van der Waals surface area contributed by atoms with Crippen LogP contribution in [-0.2, 0) is 20.9 Å². The van der Waals surface area contributed by atoms with E-state index >= 15 is 4.39 Å². The average Bonchev–Trinajstić information content (AvgIpc) is 2.80. The number of benzene rings is 2. The SMILES string of the molecule is COc1cc(-c2ccc(NC3(C(=O)O)CCOCC3)cc2COC2CCC2)c(F)c(OC)c1C. The molecule has 1 aliphatic heterocycles. The number of hydrogen-bond acceptors (Lipinski definition) is 6. The lowest BCUT2D eigenvalue weighted by atomic mass is 9.89. The Hall–Kier alpha value is -2.84. The molecule has 0 amide bonds. The highest BCUT2D eigenvalue weighted by Crippen LogP contribution is 2.40. The fraction of sp³-hybridized carbons (Fsp3) is 0.500. The fourth-order valence-electron chi connectivity index (χ4n) is 4.54. The molecule has 1 saturated heterocycles. The van der Waals surface area contributed by atoms with E-state index in [2.05, 4.69) is 5.32 Å². The summed E-state index contributed by atoms with van der Waals surface area (Å²) in [5.41, 5.74) is 1.88. The molecule has 34 heavy (non-hydrogen) atoms. The number of anilines is 1. The molecule has 1 aliphatic carbocycles. The minimum atomic E-state index is -1.10. The van der Waals surface area contributed by atoms with Crippen LogP contribution >= 0.6 is 0 Å². The molecule has 0 aromatic heterocycles. The van der Waals surface area contributed by atoms with Crippen molar-refractivity contribution < 1.29 is 33.2 Å². The van der Waals surface area contributed by atoms with Crippen LogP contribution in [0.5, 0.6) is 11.5 Å². The van der Waals surface area contributed by atoms with Crippen molar-refractivity contribution >= 4 is 11.7 Å². The molecule has 7 nitrogen and oxygen atoms in total. The van der Waals surface area contributed by atoms with Crippen LogP contribution in [0.2, 0.25) is 0 Å². The Morgan fingerprint density at radius 1 is 1.18 bits per heavy atom. The van der Waals surface area contributed by atoms with Gasteiger partial charge in [-0.05, 0) is 55.5 Å². The summed E-state index contributed by atoms with van der Waals surface area (Å²) in [6.07, 6.45) is 4.07. The quantitative estimate of drug-likeness (QED) is 0.534. The van der Waals surface area contributed by atoms with E-state index in [1.165, 1.54) is 14.2 Å². The van der Waals surface area contributed by atoms with Gasteiger partial charge in [0.15, 0.2) is 11.6 Å². The molecule has 1 heterocycles. The van der Waals surface area contributed by atoms with Gasteiger partial charge in [-0.3, -0.25) is 0 Å². The second-order valence-corrected chi connectivity index (χ2v) is 8.96. The molecule has 4 rings (SSSR count). The summed E-state index contributed by atoms with van der Waals surface area (Å²) in [5, 5.41) is 13.1. The van der Waals surface area contributed by atoms with E-state index in [0.29, 0.717) is 54.2 Å². The first-order valence-corrected chi connectivity index (χ1v) is 11.6. The number of hydrogen-bond donors (Lipinski definition) is 2. The Labute approximate surface area is 199 Å². The van der Waals surface area contributed by atoms with E-state index in [9.17, 15) is 9.90 Å². The number of methoxy groups -OCH3 is 2. The zero-order valence-corrected chi connectivity index (χ0v) is 19.9. The Morgan fingerprint density at radius 2 is 1.91 bits per heavy atom. The van der Waals surface area contributed by atoms with Gasteiger partial charge in [0.25, 0.3) is 0 Å². The Kier molecular flexibility index (Phi) is 7.28. The van der Waals surface area contributed by atoms with Gasteiger partial charge in [-0.1, -0.05) is 6.07 Å². The number of nitrogens with one attached hydrogen (secondary N) is 1. The summed E-state index contributed by atoms with van der Waals surface area (Å²) in [6.45, 7) is 2.79. The van der Waals surface area contributed by atoms with Gasteiger partial charge in [0.1, 0.15) is 11.3 Å². The van der Waals surface area contributed by atoms with Crippen molar-refractivity contribution in [2.75, 3.05) is 32.8 Å². The minimum Gasteiger partial charge on any atom is -0.496 e. The lowest BCUT2D eigenvalue weighted by molar-refractivity contribution is -0.145. The van der Waals surface area contributed by atoms with Crippen molar-refractivity contribution in [3.05, 3.63) is 41.2 Å². The van der Waals surface area contributed by atoms with Gasteiger partial charge in [0, 0.05) is 42.9 Å². The highest BCUT2D eigenvalue weighted by Gasteiger charge is 2.40. The molecule has 0 spiro atoms. The predicted molar refractivity (Wildman–Crippen MR) is 126 cm³/mol. The molecule has 1 saturated carbocycles. The summed E-state index contributed by atoms with van der Waals surface area (Å²) in [5.74, 6) is -0.730. The summed E-state index contributed by atoms with van der Waals surface area (Å²) >= 11 is 0. The molecule has 0 radical (unpaired) electrons. The van der Waals surface area contributed by atoms with E-state index in [1.807, 2.05) is 6.07 Å². The zero-order valence-electron chi connectivity index (χ0n) is 19.9. The molecule has 184 valence electrons. The van der Waals surface area contributed by atoms with Crippen molar-refractivity contribution in [3.63, 3.8) is 0 Å². The van der Waals surface area contributed by atoms with Crippen LogP contribution < -0.4 is 14.8 Å². The largest absolute Gasteiger partial charge is 0.496 e. The number of carboxylic acid groups (broad SMARTS) is 1. The number of ether oxygens (including phenoxy) is 4. The maximum Gasteiger partial charge on any atom is 0.329 e. The van der Waals surface area contributed by atoms with Crippen LogP contribution in [0.15, 0.2) is 24.3 Å². The first kappa shape index (κ1) is 24.3. The maximum absolute atomic E-state index is 15.5. The van der Waals surface area contributed by atoms with E-state index < -0.39 is 17.3 Å². The van der Waals surface area contributed by atoms with Gasteiger partial charge < -0.3 is 29.4 Å². The Bertz CT molecular complexity index is 1050. The molecule has 8 heteroatoms. The molecule has 2 N–H and O–H groups in total. The molecule has 0 atom stereocenters. The third kappa shape index (κ3) is 4.70. The maximum atomic E-state index is 15.5. The topological polar surface area (TPSA) is 86.3 Å². The molecule has 2 aromatic rings.